The molecule has 4 atom stereocenters. The molecule has 0 aliphatic carbocycles. The van der Waals surface area contributed by atoms with Gasteiger partial charge in [-0.2, -0.15) is 0 Å². The molecule has 2 fully saturated rings. The van der Waals surface area contributed by atoms with Crippen LogP contribution in [0.15, 0.2) is 24.3 Å². The number of esters is 1. The maximum atomic E-state index is 14.4. The summed E-state index contributed by atoms with van der Waals surface area (Å²) in [6.07, 6.45) is 0.258. The molecule has 0 spiro atoms. The van der Waals surface area contributed by atoms with E-state index in [1.165, 1.54) is 6.07 Å². The van der Waals surface area contributed by atoms with Gasteiger partial charge in [-0.15, -0.1) is 0 Å². The highest BCUT2D eigenvalue weighted by atomic mass is 19.1. The van der Waals surface area contributed by atoms with Gasteiger partial charge in [0.15, 0.2) is 0 Å². The first-order chi connectivity index (χ1) is 12.4. The number of benzene rings is 1. The van der Waals surface area contributed by atoms with E-state index in [-0.39, 0.29) is 31.0 Å². The Hall–Kier alpha value is -2.28. The average Bonchev–Trinajstić information content (AvgIpc) is 3.10. The van der Waals surface area contributed by atoms with Gasteiger partial charge < -0.3 is 4.74 Å². The number of imide groups is 1. The van der Waals surface area contributed by atoms with Crippen LogP contribution in [0.3, 0.4) is 0 Å². The number of amides is 2. The minimum absolute atomic E-state index is 0.156. The zero-order valence-electron chi connectivity index (χ0n) is 15.1. The standard InChI is InChI=1S/C19H23FN2O4/c1-4-19(18(25)26-6-3)14-13(16(23)22(5-2)17(14)24)15(21-19)11-9-7-8-10-12(11)20/h7-10,13-15,21H,4-6H2,1-3H3/t13-,14-,15-,19-/m0/s1. The van der Waals surface area contributed by atoms with Crippen LogP contribution in [0.5, 0.6) is 0 Å². The van der Waals surface area contributed by atoms with E-state index in [2.05, 4.69) is 5.32 Å². The van der Waals surface area contributed by atoms with Gasteiger partial charge in [-0.1, -0.05) is 25.1 Å². The second-order valence-corrected chi connectivity index (χ2v) is 6.61. The van der Waals surface area contributed by atoms with Crippen LogP contribution in [0.25, 0.3) is 0 Å². The molecule has 0 aromatic heterocycles. The lowest BCUT2D eigenvalue weighted by molar-refractivity contribution is -0.156. The first kappa shape index (κ1) is 18.5. The zero-order valence-corrected chi connectivity index (χ0v) is 15.1. The van der Waals surface area contributed by atoms with Crippen molar-refractivity contribution in [3.8, 4) is 0 Å². The van der Waals surface area contributed by atoms with Crippen molar-refractivity contribution in [2.24, 2.45) is 11.8 Å². The highest BCUT2D eigenvalue weighted by Crippen LogP contribution is 2.50. The van der Waals surface area contributed by atoms with Crippen molar-refractivity contribution < 1.29 is 23.5 Å². The average molecular weight is 362 g/mol. The van der Waals surface area contributed by atoms with Crippen molar-refractivity contribution in [3.05, 3.63) is 35.6 Å². The summed E-state index contributed by atoms with van der Waals surface area (Å²) in [5.41, 5.74) is -1.06. The molecule has 140 valence electrons. The molecule has 1 N–H and O–H groups in total. The Kier molecular flexibility index (Phi) is 4.84. The molecule has 1 aromatic rings. The number of ether oxygens (including phenoxy) is 1. The third-order valence-corrected chi connectivity index (χ3v) is 5.50. The monoisotopic (exact) mass is 362 g/mol. The van der Waals surface area contributed by atoms with Crippen LogP contribution in [0.4, 0.5) is 4.39 Å². The van der Waals surface area contributed by atoms with Crippen molar-refractivity contribution >= 4 is 17.8 Å². The normalized spacial score (nSPS) is 30.6. The Balaban J connectivity index is 2.15. The van der Waals surface area contributed by atoms with Crippen LogP contribution < -0.4 is 5.32 Å². The summed E-state index contributed by atoms with van der Waals surface area (Å²) in [7, 11) is 0. The quantitative estimate of drug-likeness (QED) is 0.639. The third kappa shape index (κ3) is 2.45. The smallest absolute Gasteiger partial charge is 0.327 e. The molecule has 2 saturated heterocycles. The van der Waals surface area contributed by atoms with Crippen molar-refractivity contribution in [1.29, 1.82) is 0 Å². The van der Waals surface area contributed by atoms with E-state index in [0.29, 0.717) is 0 Å². The summed E-state index contributed by atoms with van der Waals surface area (Å²) in [6, 6.07) is 5.35. The molecule has 2 aliphatic rings. The topological polar surface area (TPSA) is 75.7 Å². The number of hydrogen-bond donors (Lipinski definition) is 1. The van der Waals surface area contributed by atoms with Gasteiger partial charge in [-0.05, 0) is 26.3 Å². The zero-order chi connectivity index (χ0) is 19.1. The number of nitrogens with zero attached hydrogens (tertiary/aromatic N) is 1. The fraction of sp³-hybridized carbons (Fsp3) is 0.526. The Labute approximate surface area is 151 Å². The second kappa shape index (κ2) is 6.79. The Bertz CT molecular complexity index is 753. The molecule has 6 nitrogen and oxygen atoms in total. The van der Waals surface area contributed by atoms with E-state index in [4.69, 9.17) is 4.74 Å². The van der Waals surface area contributed by atoms with Crippen molar-refractivity contribution in [3.63, 3.8) is 0 Å². The predicted octanol–water partition coefficient (Wildman–Crippen LogP) is 1.80. The van der Waals surface area contributed by atoms with E-state index in [0.717, 1.165) is 4.90 Å². The van der Waals surface area contributed by atoms with Gasteiger partial charge in [0, 0.05) is 18.2 Å². The molecule has 0 unspecified atom stereocenters. The van der Waals surface area contributed by atoms with Crippen LogP contribution in [0.2, 0.25) is 0 Å². The van der Waals surface area contributed by atoms with Gasteiger partial charge in [0.2, 0.25) is 11.8 Å². The van der Waals surface area contributed by atoms with Crippen LogP contribution in [0.1, 0.15) is 38.8 Å². The van der Waals surface area contributed by atoms with Crippen LogP contribution in [-0.4, -0.2) is 41.4 Å². The summed E-state index contributed by atoms with van der Waals surface area (Å²) >= 11 is 0. The molecule has 2 aliphatic heterocycles. The fourth-order valence-electron chi connectivity index (χ4n) is 4.28. The van der Waals surface area contributed by atoms with Gasteiger partial charge in [0.25, 0.3) is 0 Å². The van der Waals surface area contributed by atoms with E-state index < -0.39 is 41.1 Å². The number of halogens is 1. The Morgan fingerprint density at radius 3 is 2.50 bits per heavy atom. The van der Waals surface area contributed by atoms with Gasteiger partial charge in [-0.3, -0.25) is 24.6 Å². The molecule has 7 heteroatoms. The highest BCUT2D eigenvalue weighted by molar-refractivity contribution is 6.09. The molecular weight excluding hydrogens is 339 g/mol. The molecule has 0 bridgehead atoms. The first-order valence-electron chi connectivity index (χ1n) is 8.97. The minimum atomic E-state index is -1.34. The SMILES string of the molecule is CCOC(=O)[C@@]1(CC)N[C@@H](c2ccccc2F)[C@H]2C(=O)N(CC)C(=O)[C@H]21. The third-order valence-electron chi connectivity index (χ3n) is 5.50. The van der Waals surface area contributed by atoms with Gasteiger partial charge in [-0.25, -0.2) is 4.39 Å². The molecule has 2 amide bonds. The maximum absolute atomic E-state index is 14.4. The summed E-state index contributed by atoms with van der Waals surface area (Å²) in [5, 5.41) is 3.12. The fourth-order valence-corrected chi connectivity index (χ4v) is 4.28. The number of carbonyl (C=O) groups is 3. The van der Waals surface area contributed by atoms with Gasteiger partial charge in [0.05, 0.1) is 18.4 Å². The van der Waals surface area contributed by atoms with E-state index in [1.54, 1.807) is 39.0 Å². The van der Waals surface area contributed by atoms with Crippen molar-refractivity contribution in [2.75, 3.05) is 13.2 Å². The lowest BCUT2D eigenvalue weighted by Gasteiger charge is -2.31. The van der Waals surface area contributed by atoms with Crippen LogP contribution >= 0.6 is 0 Å². The second-order valence-electron chi connectivity index (χ2n) is 6.61. The molecule has 1 aromatic carbocycles. The number of hydrogen-bond acceptors (Lipinski definition) is 5. The lowest BCUT2D eigenvalue weighted by Crippen LogP contribution is -2.56. The molecule has 0 radical (unpaired) electrons. The van der Waals surface area contributed by atoms with Crippen LogP contribution in [0, 0.1) is 17.7 Å². The number of likely N-dealkylation sites (tertiary alicyclic amines) is 1. The van der Waals surface area contributed by atoms with E-state index >= 15 is 0 Å². The Morgan fingerprint density at radius 2 is 1.92 bits per heavy atom. The highest BCUT2D eigenvalue weighted by Gasteiger charge is 2.68. The van der Waals surface area contributed by atoms with E-state index in [9.17, 15) is 18.8 Å². The number of fused-ring (bicyclic) bond motifs is 1. The van der Waals surface area contributed by atoms with Gasteiger partial charge in [0.1, 0.15) is 11.4 Å². The molecule has 0 saturated carbocycles. The van der Waals surface area contributed by atoms with Gasteiger partial charge >= 0.3 is 5.97 Å². The van der Waals surface area contributed by atoms with Crippen molar-refractivity contribution in [2.45, 2.75) is 38.8 Å². The minimum Gasteiger partial charge on any atom is -0.465 e. The molecule has 2 heterocycles. The maximum Gasteiger partial charge on any atom is 0.327 e. The largest absolute Gasteiger partial charge is 0.465 e. The predicted molar refractivity (Wildman–Crippen MR) is 91.3 cm³/mol. The number of nitrogens with one attached hydrogen (secondary N) is 1. The summed E-state index contributed by atoms with van der Waals surface area (Å²) in [6.45, 7) is 5.53. The summed E-state index contributed by atoms with van der Waals surface area (Å²) < 4.78 is 19.7. The molecule has 3 rings (SSSR count). The van der Waals surface area contributed by atoms with Crippen molar-refractivity contribution in [1.82, 2.24) is 10.2 Å². The lowest BCUT2D eigenvalue weighted by atomic mass is 9.78. The molecule has 26 heavy (non-hydrogen) atoms. The Morgan fingerprint density at radius 1 is 1.23 bits per heavy atom. The summed E-state index contributed by atoms with van der Waals surface area (Å²) in [5.74, 6) is -3.55. The summed E-state index contributed by atoms with van der Waals surface area (Å²) in [4.78, 5) is 39.8. The number of rotatable bonds is 5. The molecular formula is C19H23FN2O4. The van der Waals surface area contributed by atoms with E-state index in [1.807, 2.05) is 0 Å². The number of carbonyl (C=O) groups excluding carboxylic acids is 3. The van der Waals surface area contributed by atoms with Crippen LogP contribution in [-0.2, 0) is 19.1 Å². The first-order valence-corrected chi connectivity index (χ1v) is 8.97.